The van der Waals surface area contributed by atoms with Gasteiger partial charge in [-0.15, -0.1) is 0 Å². The van der Waals surface area contributed by atoms with Crippen LogP contribution in [0, 0.1) is 18.6 Å². The van der Waals surface area contributed by atoms with Gasteiger partial charge >= 0.3 is 0 Å². The summed E-state index contributed by atoms with van der Waals surface area (Å²) in [6.07, 6.45) is -2.40. The van der Waals surface area contributed by atoms with Gasteiger partial charge in [-0.3, -0.25) is 0 Å². The number of hydrogen-bond acceptors (Lipinski definition) is 2. The lowest BCUT2D eigenvalue weighted by Gasteiger charge is -2.14. The normalized spacial score (nSPS) is 13.1. The standard InChI is InChI=1S/C12H15F4NO/c1-7-2-3-8(12(16)11(7)15)9(17)4-5-18-6-10(13)14/h2-3,9-10H,4-6,17H2,1H3. The Bertz CT molecular complexity index is 398. The third-order valence-corrected chi connectivity index (χ3v) is 2.52. The lowest BCUT2D eigenvalue weighted by Crippen LogP contribution is -2.17. The first-order valence-corrected chi connectivity index (χ1v) is 5.49. The Labute approximate surface area is 103 Å². The zero-order valence-corrected chi connectivity index (χ0v) is 9.93. The van der Waals surface area contributed by atoms with E-state index in [1.165, 1.54) is 19.1 Å². The molecule has 18 heavy (non-hydrogen) atoms. The van der Waals surface area contributed by atoms with E-state index in [2.05, 4.69) is 4.74 Å². The van der Waals surface area contributed by atoms with Crippen molar-refractivity contribution in [3.05, 3.63) is 34.9 Å². The number of ether oxygens (including phenoxy) is 1. The third kappa shape index (κ3) is 3.96. The predicted octanol–water partition coefficient (Wildman–Crippen LogP) is 2.94. The molecule has 0 saturated carbocycles. The van der Waals surface area contributed by atoms with Gasteiger partial charge in [0.15, 0.2) is 11.6 Å². The average Bonchev–Trinajstić information content (AvgIpc) is 2.31. The van der Waals surface area contributed by atoms with Gasteiger partial charge in [-0.2, -0.15) is 0 Å². The predicted molar refractivity (Wildman–Crippen MR) is 59.5 cm³/mol. The summed E-state index contributed by atoms with van der Waals surface area (Å²) in [5.41, 5.74) is 5.88. The molecule has 0 aliphatic rings. The fraction of sp³-hybridized carbons (Fsp3) is 0.500. The largest absolute Gasteiger partial charge is 0.375 e. The Balaban J connectivity index is 2.57. The molecule has 1 rings (SSSR count). The molecule has 0 amide bonds. The molecule has 0 aliphatic heterocycles. The van der Waals surface area contributed by atoms with E-state index >= 15 is 0 Å². The van der Waals surface area contributed by atoms with Crippen molar-refractivity contribution in [3.63, 3.8) is 0 Å². The van der Waals surface area contributed by atoms with Crippen LogP contribution in [0.2, 0.25) is 0 Å². The molecular formula is C12H15F4NO. The van der Waals surface area contributed by atoms with Crippen molar-refractivity contribution in [2.24, 2.45) is 5.73 Å². The van der Waals surface area contributed by atoms with Crippen molar-refractivity contribution in [1.29, 1.82) is 0 Å². The Morgan fingerprint density at radius 3 is 2.50 bits per heavy atom. The number of halogens is 4. The van der Waals surface area contributed by atoms with Gasteiger partial charge in [-0.1, -0.05) is 12.1 Å². The van der Waals surface area contributed by atoms with E-state index < -0.39 is 30.7 Å². The van der Waals surface area contributed by atoms with Crippen molar-refractivity contribution in [2.75, 3.05) is 13.2 Å². The molecule has 1 aromatic rings. The Morgan fingerprint density at radius 1 is 1.22 bits per heavy atom. The summed E-state index contributed by atoms with van der Waals surface area (Å²) in [4.78, 5) is 0. The number of rotatable bonds is 6. The molecule has 6 heteroatoms. The minimum Gasteiger partial charge on any atom is -0.375 e. The highest BCUT2D eigenvalue weighted by molar-refractivity contribution is 5.27. The van der Waals surface area contributed by atoms with Crippen LogP contribution < -0.4 is 5.73 Å². The first-order chi connectivity index (χ1) is 8.43. The van der Waals surface area contributed by atoms with Crippen LogP contribution in [-0.2, 0) is 4.74 Å². The topological polar surface area (TPSA) is 35.2 Å². The van der Waals surface area contributed by atoms with Gasteiger partial charge < -0.3 is 10.5 Å². The fourth-order valence-corrected chi connectivity index (χ4v) is 1.49. The van der Waals surface area contributed by atoms with Crippen molar-refractivity contribution in [1.82, 2.24) is 0 Å². The van der Waals surface area contributed by atoms with Crippen LogP contribution in [0.3, 0.4) is 0 Å². The van der Waals surface area contributed by atoms with Crippen LogP contribution in [0.1, 0.15) is 23.6 Å². The molecule has 1 unspecified atom stereocenters. The highest BCUT2D eigenvalue weighted by Gasteiger charge is 2.16. The van der Waals surface area contributed by atoms with Gasteiger partial charge in [0, 0.05) is 18.2 Å². The first-order valence-electron chi connectivity index (χ1n) is 5.49. The van der Waals surface area contributed by atoms with Gasteiger partial charge in [-0.25, -0.2) is 17.6 Å². The van der Waals surface area contributed by atoms with E-state index in [-0.39, 0.29) is 24.2 Å². The molecule has 0 radical (unpaired) electrons. The number of nitrogens with two attached hydrogens (primary N) is 1. The lowest BCUT2D eigenvalue weighted by atomic mass is 10.0. The number of hydrogen-bond donors (Lipinski definition) is 1. The fourth-order valence-electron chi connectivity index (χ4n) is 1.49. The van der Waals surface area contributed by atoms with Crippen LogP contribution in [0.5, 0.6) is 0 Å². The highest BCUT2D eigenvalue weighted by Crippen LogP contribution is 2.22. The second-order valence-electron chi connectivity index (χ2n) is 3.96. The molecule has 0 spiro atoms. The second-order valence-corrected chi connectivity index (χ2v) is 3.96. The number of aryl methyl sites for hydroxylation is 1. The zero-order valence-electron chi connectivity index (χ0n) is 9.93. The summed E-state index contributed by atoms with van der Waals surface area (Å²) in [5, 5.41) is 0. The van der Waals surface area contributed by atoms with Crippen molar-refractivity contribution in [3.8, 4) is 0 Å². The minimum absolute atomic E-state index is 0.0266. The van der Waals surface area contributed by atoms with E-state index in [4.69, 9.17) is 5.73 Å². The molecule has 102 valence electrons. The van der Waals surface area contributed by atoms with Crippen molar-refractivity contribution >= 4 is 0 Å². The molecule has 1 aromatic carbocycles. The van der Waals surface area contributed by atoms with Crippen LogP contribution in [0.4, 0.5) is 17.6 Å². The Morgan fingerprint density at radius 2 is 1.89 bits per heavy atom. The SMILES string of the molecule is Cc1ccc(C(N)CCOCC(F)F)c(F)c1F. The van der Waals surface area contributed by atoms with Crippen LogP contribution >= 0.6 is 0 Å². The van der Waals surface area contributed by atoms with Gasteiger partial charge in [0.05, 0.1) is 0 Å². The van der Waals surface area contributed by atoms with Crippen LogP contribution in [-0.4, -0.2) is 19.6 Å². The maximum atomic E-state index is 13.5. The molecule has 0 heterocycles. The zero-order chi connectivity index (χ0) is 13.7. The van der Waals surface area contributed by atoms with Crippen molar-refractivity contribution < 1.29 is 22.3 Å². The molecule has 0 bridgehead atoms. The maximum Gasteiger partial charge on any atom is 0.261 e. The summed E-state index contributed by atoms with van der Waals surface area (Å²) in [5.74, 6) is -1.92. The van der Waals surface area contributed by atoms with Crippen LogP contribution in [0.15, 0.2) is 12.1 Å². The van der Waals surface area contributed by atoms with Gasteiger partial charge in [0.1, 0.15) is 6.61 Å². The summed E-state index contributed by atoms with van der Waals surface area (Å²) >= 11 is 0. The number of alkyl halides is 2. The molecular weight excluding hydrogens is 250 g/mol. The minimum atomic E-state index is -2.55. The molecule has 2 N–H and O–H groups in total. The Kier molecular flexibility index (Phi) is 5.55. The molecule has 0 fully saturated rings. The average molecular weight is 265 g/mol. The molecule has 0 saturated heterocycles. The van der Waals surface area contributed by atoms with Gasteiger partial charge in [0.2, 0.25) is 0 Å². The third-order valence-electron chi connectivity index (χ3n) is 2.52. The monoisotopic (exact) mass is 265 g/mol. The van der Waals surface area contributed by atoms with Crippen molar-refractivity contribution in [2.45, 2.75) is 25.8 Å². The second kappa shape index (κ2) is 6.70. The van der Waals surface area contributed by atoms with E-state index in [1.807, 2.05) is 0 Å². The van der Waals surface area contributed by atoms with E-state index in [0.29, 0.717) is 0 Å². The van der Waals surface area contributed by atoms with Gasteiger partial charge in [0.25, 0.3) is 6.43 Å². The van der Waals surface area contributed by atoms with Crippen LogP contribution in [0.25, 0.3) is 0 Å². The number of benzene rings is 1. The maximum absolute atomic E-state index is 13.5. The van der Waals surface area contributed by atoms with Gasteiger partial charge in [-0.05, 0) is 18.9 Å². The summed E-state index contributed by atoms with van der Waals surface area (Å²) in [6.45, 7) is 0.734. The highest BCUT2D eigenvalue weighted by atomic mass is 19.3. The molecule has 2 nitrogen and oxygen atoms in total. The summed E-state index contributed by atoms with van der Waals surface area (Å²) in [6, 6.07) is 2.04. The van der Waals surface area contributed by atoms with E-state index in [0.717, 1.165) is 0 Å². The quantitative estimate of drug-likeness (QED) is 0.634. The lowest BCUT2D eigenvalue weighted by molar-refractivity contribution is 0.0151. The summed E-state index contributed by atoms with van der Waals surface area (Å²) < 4.78 is 55.0. The Hall–Kier alpha value is -1.14. The summed E-state index contributed by atoms with van der Waals surface area (Å²) in [7, 11) is 0. The van der Waals surface area contributed by atoms with E-state index in [9.17, 15) is 17.6 Å². The molecule has 0 aromatic heterocycles. The molecule has 1 atom stereocenters. The van der Waals surface area contributed by atoms with E-state index in [1.54, 1.807) is 0 Å². The first kappa shape index (κ1) is 14.9. The molecule has 0 aliphatic carbocycles. The smallest absolute Gasteiger partial charge is 0.261 e.